The first-order chi connectivity index (χ1) is 14.4. The van der Waals surface area contributed by atoms with E-state index >= 15 is 0 Å². The Morgan fingerprint density at radius 1 is 1.07 bits per heavy atom. The average Bonchev–Trinajstić information content (AvgIpc) is 2.75. The second-order valence-corrected chi connectivity index (χ2v) is 8.63. The Bertz CT molecular complexity index is 1030. The summed E-state index contributed by atoms with van der Waals surface area (Å²) in [5.41, 5.74) is 1.69. The van der Waals surface area contributed by atoms with E-state index in [2.05, 4.69) is 0 Å². The van der Waals surface area contributed by atoms with Gasteiger partial charge in [-0.2, -0.15) is 0 Å². The third kappa shape index (κ3) is 5.06. The molecule has 0 aromatic heterocycles. The zero-order valence-electron chi connectivity index (χ0n) is 16.4. The van der Waals surface area contributed by atoms with Crippen LogP contribution in [0.25, 0.3) is 0 Å². The summed E-state index contributed by atoms with van der Waals surface area (Å²) in [6.45, 7) is 1.84. The number of anilines is 1. The topological polar surface area (TPSA) is 40.5 Å². The van der Waals surface area contributed by atoms with Gasteiger partial charge in [0.05, 0.1) is 16.6 Å². The number of hydrogen-bond donors (Lipinski definition) is 1. The summed E-state index contributed by atoms with van der Waals surface area (Å²) in [4.78, 5) is 0.419. The summed E-state index contributed by atoms with van der Waals surface area (Å²) >= 11 is 5.94. The Kier molecular flexibility index (Phi) is 7.58. The fourth-order valence-corrected chi connectivity index (χ4v) is 4.77. The summed E-state index contributed by atoms with van der Waals surface area (Å²) in [6, 6.07) is 16.5. The van der Waals surface area contributed by atoms with Crippen molar-refractivity contribution in [3.8, 4) is 0 Å². The van der Waals surface area contributed by atoms with Crippen LogP contribution < -0.4 is 4.31 Å². The predicted octanol–water partition coefficient (Wildman–Crippen LogP) is 5.83. The summed E-state index contributed by atoms with van der Waals surface area (Å²) in [6.07, 6.45) is 1.18. The maximum absolute atomic E-state index is 14.7. The molecular weight excluding hydrogens is 428 g/mol. The van der Waals surface area contributed by atoms with Crippen LogP contribution in [0.15, 0.2) is 71.6 Å². The summed E-state index contributed by atoms with van der Waals surface area (Å²) in [5.74, 6) is -1.29. The van der Waals surface area contributed by atoms with Crippen molar-refractivity contribution in [1.82, 2.24) is 0 Å². The largest absolute Gasteiger partial charge is 0.396 e. The molecule has 2 unspecified atom stereocenters. The third-order valence-corrected chi connectivity index (χ3v) is 6.60. The van der Waals surface area contributed by atoms with Crippen LogP contribution in [-0.2, 0) is 17.4 Å². The van der Waals surface area contributed by atoms with Gasteiger partial charge in [-0.05, 0) is 67.3 Å². The monoisotopic (exact) mass is 449 g/mol. The van der Waals surface area contributed by atoms with Crippen LogP contribution in [0.2, 0.25) is 5.02 Å². The van der Waals surface area contributed by atoms with Gasteiger partial charge in [-0.25, -0.2) is 13.0 Å². The second-order valence-electron chi connectivity index (χ2n) is 6.83. The molecule has 0 spiro atoms. The normalized spacial score (nSPS) is 13.1. The maximum Gasteiger partial charge on any atom is 0.153 e. The Morgan fingerprint density at radius 2 is 1.77 bits per heavy atom. The standard InChI is InChI=1S/C23H22ClF2NO2S/c1-16(21-7-3-2-5-17(21)6-4-14-28)27(23-15-19(25)10-13-22(23)26)30(29)20-11-8-18(24)9-12-20/h2-3,5,7-13,15-16,28H,4,6,14H2,1H3. The fourth-order valence-electron chi connectivity index (χ4n) is 3.33. The van der Waals surface area contributed by atoms with Gasteiger partial charge in [-0.1, -0.05) is 35.9 Å². The van der Waals surface area contributed by atoms with Gasteiger partial charge in [-0.3, -0.25) is 4.31 Å². The molecule has 0 bridgehead atoms. The van der Waals surface area contributed by atoms with Crippen molar-refractivity contribution in [1.29, 1.82) is 0 Å². The van der Waals surface area contributed by atoms with Crippen LogP contribution in [0, 0.1) is 11.6 Å². The van der Waals surface area contributed by atoms with Gasteiger partial charge in [0.2, 0.25) is 0 Å². The lowest BCUT2D eigenvalue weighted by atomic mass is 9.97. The van der Waals surface area contributed by atoms with Crippen LogP contribution in [0.1, 0.15) is 30.5 Å². The number of rotatable bonds is 8. The molecule has 0 saturated carbocycles. The van der Waals surface area contributed by atoms with Crippen LogP contribution in [0.3, 0.4) is 0 Å². The lowest BCUT2D eigenvalue weighted by Gasteiger charge is -2.31. The molecule has 1 N–H and O–H groups in total. The van der Waals surface area contributed by atoms with Crippen LogP contribution in [0.4, 0.5) is 14.5 Å². The molecule has 0 aliphatic heterocycles. The van der Waals surface area contributed by atoms with Gasteiger partial charge < -0.3 is 5.11 Å². The Labute approximate surface area is 182 Å². The second kappa shape index (κ2) is 10.2. The van der Waals surface area contributed by atoms with Crippen LogP contribution in [-0.4, -0.2) is 15.9 Å². The molecule has 0 aliphatic rings. The van der Waals surface area contributed by atoms with E-state index in [4.69, 9.17) is 11.6 Å². The van der Waals surface area contributed by atoms with Crippen molar-refractivity contribution >= 4 is 28.3 Å². The van der Waals surface area contributed by atoms with E-state index in [0.29, 0.717) is 22.8 Å². The minimum atomic E-state index is -1.82. The molecule has 0 aliphatic carbocycles. The SMILES string of the molecule is CC(c1ccccc1CCCO)N(c1cc(F)ccc1F)S(=O)c1ccc(Cl)cc1. The zero-order valence-corrected chi connectivity index (χ0v) is 18.0. The molecule has 0 fully saturated rings. The highest BCUT2D eigenvalue weighted by Gasteiger charge is 2.28. The first kappa shape index (κ1) is 22.4. The molecule has 0 amide bonds. The van der Waals surface area contributed by atoms with Crippen molar-refractivity contribution in [2.45, 2.75) is 30.7 Å². The van der Waals surface area contributed by atoms with Crippen molar-refractivity contribution in [3.63, 3.8) is 0 Å². The number of aliphatic hydroxyl groups is 1. The summed E-state index contributed by atoms with van der Waals surface area (Å²) < 4.78 is 43.6. The van der Waals surface area contributed by atoms with E-state index in [1.807, 2.05) is 24.3 Å². The third-order valence-electron chi connectivity index (χ3n) is 4.80. The molecular formula is C23H22ClF2NO2S. The van der Waals surface area contributed by atoms with Crippen LogP contribution in [0.5, 0.6) is 0 Å². The van der Waals surface area contributed by atoms with Gasteiger partial charge >= 0.3 is 0 Å². The van der Waals surface area contributed by atoms with Gasteiger partial charge in [0.1, 0.15) is 11.6 Å². The van der Waals surface area contributed by atoms with Gasteiger partial charge in [0, 0.05) is 17.7 Å². The van der Waals surface area contributed by atoms with Crippen molar-refractivity contribution in [2.75, 3.05) is 10.9 Å². The first-order valence-corrected chi connectivity index (χ1v) is 11.0. The predicted molar refractivity (Wildman–Crippen MR) is 117 cm³/mol. The number of hydrogen-bond acceptors (Lipinski definition) is 2. The molecule has 0 heterocycles. The molecule has 30 heavy (non-hydrogen) atoms. The van der Waals surface area contributed by atoms with Gasteiger partial charge in [0.25, 0.3) is 0 Å². The molecule has 3 nitrogen and oxygen atoms in total. The molecule has 0 radical (unpaired) electrons. The Morgan fingerprint density at radius 3 is 2.47 bits per heavy atom. The highest BCUT2D eigenvalue weighted by atomic mass is 35.5. The Balaban J connectivity index is 2.11. The highest BCUT2D eigenvalue weighted by Crippen LogP contribution is 2.35. The number of halogens is 3. The first-order valence-electron chi connectivity index (χ1n) is 9.52. The van der Waals surface area contributed by atoms with Crippen LogP contribution >= 0.6 is 11.6 Å². The van der Waals surface area contributed by atoms with E-state index in [1.165, 1.54) is 4.31 Å². The van der Waals surface area contributed by atoms with Gasteiger partial charge in [0.15, 0.2) is 11.0 Å². The van der Waals surface area contributed by atoms with E-state index in [0.717, 1.165) is 29.3 Å². The van der Waals surface area contributed by atoms with Crippen molar-refractivity contribution < 1.29 is 18.1 Å². The molecule has 7 heteroatoms. The lowest BCUT2D eigenvalue weighted by Crippen LogP contribution is -2.30. The molecule has 0 saturated heterocycles. The maximum atomic E-state index is 14.7. The number of benzene rings is 3. The van der Waals surface area contributed by atoms with Crippen molar-refractivity contribution in [3.05, 3.63) is 94.5 Å². The van der Waals surface area contributed by atoms with Crippen molar-refractivity contribution in [2.24, 2.45) is 0 Å². The molecule has 158 valence electrons. The lowest BCUT2D eigenvalue weighted by molar-refractivity contribution is 0.288. The average molecular weight is 450 g/mol. The summed E-state index contributed by atoms with van der Waals surface area (Å²) in [7, 11) is -1.82. The van der Waals surface area contributed by atoms with E-state index in [1.54, 1.807) is 31.2 Å². The Hall–Kier alpha value is -2.28. The minimum Gasteiger partial charge on any atom is -0.396 e. The summed E-state index contributed by atoms with van der Waals surface area (Å²) in [5, 5.41) is 9.70. The van der Waals surface area contributed by atoms with E-state index < -0.39 is 28.7 Å². The van der Waals surface area contributed by atoms with E-state index in [9.17, 15) is 18.1 Å². The molecule has 2 atom stereocenters. The van der Waals surface area contributed by atoms with Gasteiger partial charge in [-0.15, -0.1) is 0 Å². The zero-order chi connectivity index (χ0) is 21.7. The fraction of sp³-hybridized carbons (Fsp3) is 0.217. The number of aryl methyl sites for hydroxylation is 1. The molecule has 3 rings (SSSR count). The molecule has 3 aromatic rings. The number of aliphatic hydroxyl groups excluding tert-OH is 1. The highest BCUT2D eigenvalue weighted by molar-refractivity contribution is 7.86. The minimum absolute atomic E-state index is 0.0433. The van der Waals surface area contributed by atoms with E-state index in [-0.39, 0.29) is 12.3 Å². The smallest absolute Gasteiger partial charge is 0.153 e. The molecule has 3 aromatic carbocycles. The number of nitrogens with zero attached hydrogens (tertiary/aromatic N) is 1. The quantitative estimate of drug-likeness (QED) is 0.469.